The normalized spacial score (nSPS) is 9.80. The molecule has 1 rings (SSSR count). The van der Waals surface area contributed by atoms with Crippen LogP contribution in [0.2, 0.25) is 0 Å². The maximum atomic E-state index is 2.72. The van der Waals surface area contributed by atoms with Crippen LogP contribution in [-0.4, -0.2) is 0 Å². The van der Waals surface area contributed by atoms with E-state index < -0.39 is 0 Å². The summed E-state index contributed by atoms with van der Waals surface area (Å²) in [7, 11) is 2.72. The number of hydrogen-bond donors (Lipinski definition) is 0. The fourth-order valence-corrected chi connectivity index (χ4v) is 1.18. The smallest absolute Gasteiger partial charge is 0.0128 e. The molecule has 0 aliphatic carbocycles. The fraction of sp³-hybridized carbons (Fsp3) is 0.333. The van der Waals surface area contributed by atoms with Gasteiger partial charge in [0.25, 0.3) is 0 Å². The van der Waals surface area contributed by atoms with Gasteiger partial charge in [0.15, 0.2) is 0 Å². The molecule has 0 fully saturated rings. The molecule has 1 unspecified atom stereocenters. The highest BCUT2D eigenvalue weighted by molar-refractivity contribution is 7.15. The van der Waals surface area contributed by atoms with Crippen LogP contribution in [-0.2, 0) is 12.6 Å². The Morgan fingerprint density at radius 3 is 2.00 bits per heavy atom. The van der Waals surface area contributed by atoms with Gasteiger partial charge in [-0.2, -0.15) is 0 Å². The van der Waals surface area contributed by atoms with Crippen LogP contribution in [0.5, 0.6) is 0 Å². The van der Waals surface area contributed by atoms with Crippen molar-refractivity contribution in [2.75, 3.05) is 0 Å². The predicted octanol–water partition coefficient (Wildman–Crippen LogP) is 2.62. The Bertz CT molecular complexity index is 165. The van der Waals surface area contributed by atoms with Gasteiger partial charge in [-0.3, -0.25) is 0 Å². The van der Waals surface area contributed by atoms with Crippen molar-refractivity contribution < 1.29 is 0 Å². The molecule has 1 aromatic rings. The maximum Gasteiger partial charge on any atom is -0.0128 e. The molecule has 0 spiro atoms. The summed E-state index contributed by atoms with van der Waals surface area (Å²) in [6.07, 6.45) is 2.20. The summed E-state index contributed by atoms with van der Waals surface area (Å²) in [5.74, 6) is 0. The lowest BCUT2D eigenvalue weighted by molar-refractivity contribution is 1.13. The number of aryl methyl sites for hydroxylation is 1. The molecular weight excluding hydrogens is 139 g/mol. The summed E-state index contributed by atoms with van der Waals surface area (Å²) in [6.45, 7) is 2.18. The number of rotatable bonds is 2. The van der Waals surface area contributed by atoms with Crippen LogP contribution in [0.3, 0.4) is 0 Å². The van der Waals surface area contributed by atoms with E-state index in [1.165, 1.54) is 11.1 Å². The summed E-state index contributed by atoms with van der Waals surface area (Å²) < 4.78 is 0. The van der Waals surface area contributed by atoms with Crippen molar-refractivity contribution >= 4 is 9.24 Å². The van der Waals surface area contributed by atoms with E-state index in [-0.39, 0.29) is 0 Å². The second-order valence-electron chi connectivity index (χ2n) is 2.37. The summed E-state index contributed by atoms with van der Waals surface area (Å²) in [5, 5.41) is 0. The Balaban J connectivity index is 2.80. The molecule has 0 bridgehead atoms. The number of hydrogen-bond acceptors (Lipinski definition) is 0. The Hall–Kier alpha value is -0.350. The van der Waals surface area contributed by atoms with Gasteiger partial charge < -0.3 is 0 Å². The first-order chi connectivity index (χ1) is 4.86. The van der Waals surface area contributed by atoms with Crippen molar-refractivity contribution in [1.29, 1.82) is 0 Å². The first-order valence-electron chi connectivity index (χ1n) is 3.64. The van der Waals surface area contributed by atoms with Gasteiger partial charge in [-0.1, -0.05) is 31.2 Å². The van der Waals surface area contributed by atoms with E-state index in [1.807, 2.05) is 0 Å². The lowest BCUT2D eigenvalue weighted by atomic mass is 10.1. The van der Waals surface area contributed by atoms with Crippen LogP contribution in [0.15, 0.2) is 24.3 Å². The van der Waals surface area contributed by atoms with Crippen molar-refractivity contribution in [3.8, 4) is 0 Å². The molecule has 1 heteroatoms. The first kappa shape index (κ1) is 7.75. The minimum Gasteiger partial charge on any atom is -0.133 e. The van der Waals surface area contributed by atoms with E-state index >= 15 is 0 Å². The third-order valence-electron chi connectivity index (χ3n) is 1.67. The lowest BCUT2D eigenvalue weighted by Gasteiger charge is -1.97. The minimum atomic E-state index is 1.06. The third kappa shape index (κ3) is 1.82. The average Bonchev–Trinajstić information content (AvgIpc) is 2.05. The van der Waals surface area contributed by atoms with Crippen LogP contribution in [0, 0.1) is 0 Å². The van der Waals surface area contributed by atoms with Crippen LogP contribution < -0.4 is 0 Å². The summed E-state index contributed by atoms with van der Waals surface area (Å²) >= 11 is 0. The van der Waals surface area contributed by atoms with E-state index in [0.717, 1.165) is 12.6 Å². The van der Waals surface area contributed by atoms with Crippen molar-refractivity contribution in [3.05, 3.63) is 35.4 Å². The molecule has 0 aromatic heterocycles. The third-order valence-corrected chi connectivity index (χ3v) is 2.14. The lowest BCUT2D eigenvalue weighted by Crippen LogP contribution is -1.80. The van der Waals surface area contributed by atoms with Crippen LogP contribution in [0.25, 0.3) is 0 Å². The summed E-state index contributed by atoms with van der Waals surface area (Å²) in [4.78, 5) is 0. The van der Waals surface area contributed by atoms with Gasteiger partial charge in [-0.15, -0.1) is 9.24 Å². The summed E-state index contributed by atoms with van der Waals surface area (Å²) in [5.41, 5.74) is 2.81. The molecule has 10 heavy (non-hydrogen) atoms. The Labute approximate surface area is 64.9 Å². The van der Waals surface area contributed by atoms with E-state index in [1.54, 1.807) is 0 Å². The Morgan fingerprint density at radius 1 is 1.10 bits per heavy atom. The van der Waals surface area contributed by atoms with E-state index in [9.17, 15) is 0 Å². The maximum absolute atomic E-state index is 2.72. The number of benzene rings is 1. The van der Waals surface area contributed by atoms with E-state index in [2.05, 4.69) is 40.4 Å². The van der Waals surface area contributed by atoms with Gasteiger partial charge in [0.2, 0.25) is 0 Å². The van der Waals surface area contributed by atoms with E-state index in [4.69, 9.17) is 0 Å². The molecule has 0 N–H and O–H groups in total. The molecule has 0 amide bonds. The molecule has 0 saturated heterocycles. The molecule has 0 nitrogen and oxygen atoms in total. The molecule has 0 radical (unpaired) electrons. The van der Waals surface area contributed by atoms with Crippen LogP contribution in [0.4, 0.5) is 0 Å². The highest BCUT2D eigenvalue weighted by atomic mass is 31.0. The minimum absolute atomic E-state index is 1.06. The zero-order valence-corrected chi connectivity index (χ0v) is 7.46. The molecule has 1 aromatic carbocycles. The zero-order valence-electron chi connectivity index (χ0n) is 6.30. The molecular formula is C9H13P. The van der Waals surface area contributed by atoms with Crippen molar-refractivity contribution in [2.24, 2.45) is 0 Å². The standard InChI is InChI=1S/C9H13P/c1-2-8-3-5-9(7-10)6-4-8/h3-6H,2,7,10H2,1H3. The van der Waals surface area contributed by atoms with Gasteiger partial charge in [-0.05, 0) is 23.7 Å². The van der Waals surface area contributed by atoms with Crippen LogP contribution >= 0.6 is 9.24 Å². The van der Waals surface area contributed by atoms with Crippen molar-refractivity contribution in [2.45, 2.75) is 19.5 Å². The fourth-order valence-electron chi connectivity index (χ4n) is 0.911. The highest BCUT2D eigenvalue weighted by Crippen LogP contribution is 2.07. The van der Waals surface area contributed by atoms with E-state index in [0.29, 0.717) is 0 Å². The van der Waals surface area contributed by atoms with Crippen molar-refractivity contribution in [3.63, 3.8) is 0 Å². The summed E-state index contributed by atoms with van der Waals surface area (Å²) in [6, 6.07) is 8.76. The monoisotopic (exact) mass is 152 g/mol. The Morgan fingerprint density at radius 2 is 1.60 bits per heavy atom. The predicted molar refractivity (Wildman–Crippen MR) is 49.2 cm³/mol. The highest BCUT2D eigenvalue weighted by Gasteiger charge is 1.88. The molecule has 0 aliphatic heterocycles. The largest absolute Gasteiger partial charge is 0.133 e. The second kappa shape index (κ2) is 3.73. The van der Waals surface area contributed by atoms with Gasteiger partial charge in [0.05, 0.1) is 0 Å². The van der Waals surface area contributed by atoms with Crippen LogP contribution in [0.1, 0.15) is 18.1 Å². The van der Waals surface area contributed by atoms with Crippen molar-refractivity contribution in [1.82, 2.24) is 0 Å². The zero-order chi connectivity index (χ0) is 7.40. The SMILES string of the molecule is CCc1ccc(CP)cc1. The second-order valence-corrected chi connectivity index (χ2v) is 2.78. The molecule has 54 valence electrons. The van der Waals surface area contributed by atoms with Gasteiger partial charge in [-0.25, -0.2) is 0 Å². The quantitative estimate of drug-likeness (QED) is 0.571. The van der Waals surface area contributed by atoms with Gasteiger partial charge >= 0.3 is 0 Å². The molecule has 0 heterocycles. The average molecular weight is 152 g/mol. The first-order valence-corrected chi connectivity index (χ1v) is 4.46. The topological polar surface area (TPSA) is 0 Å². The molecule has 1 atom stereocenters. The van der Waals surface area contributed by atoms with Gasteiger partial charge in [0, 0.05) is 0 Å². The Kier molecular flexibility index (Phi) is 2.89. The van der Waals surface area contributed by atoms with Gasteiger partial charge in [0.1, 0.15) is 0 Å². The molecule has 0 saturated carbocycles. The molecule has 0 aliphatic rings.